The van der Waals surface area contributed by atoms with Crippen LogP contribution in [0.15, 0.2) is 29.6 Å². The van der Waals surface area contributed by atoms with Gasteiger partial charge in [0.2, 0.25) is 0 Å². The number of rotatable bonds is 14. The fraction of sp³-hybridized carbons (Fsp3) is 0.625. The summed E-state index contributed by atoms with van der Waals surface area (Å²) in [7, 11) is 0. The number of aromatic nitrogens is 1. The van der Waals surface area contributed by atoms with Gasteiger partial charge in [-0.3, -0.25) is 0 Å². The topological polar surface area (TPSA) is 16.1 Å². The molecule has 0 radical (unpaired) electrons. The van der Waals surface area contributed by atoms with E-state index in [-0.39, 0.29) is 0 Å². The minimum absolute atomic E-state index is 1.12. The molecule has 2 rings (SSSR count). The molecule has 0 fully saturated rings. The summed E-state index contributed by atoms with van der Waals surface area (Å²) in [4.78, 5) is 7.53. The van der Waals surface area contributed by atoms with Gasteiger partial charge < -0.3 is 4.90 Å². The van der Waals surface area contributed by atoms with Gasteiger partial charge in [0, 0.05) is 24.0 Å². The van der Waals surface area contributed by atoms with Crippen LogP contribution < -0.4 is 4.90 Å². The van der Waals surface area contributed by atoms with Crippen molar-refractivity contribution in [1.82, 2.24) is 4.98 Å². The standard InChI is InChI=1S/C24H38N2S/c1-4-6-8-10-12-18-26(19-13-11-9-7-5-2)24-25-23(20-27-24)22-16-14-21(3)15-17-22/h14-17,20H,4-13,18-19H2,1-3H3. The van der Waals surface area contributed by atoms with Crippen LogP contribution >= 0.6 is 11.3 Å². The van der Waals surface area contributed by atoms with Crippen molar-refractivity contribution in [2.75, 3.05) is 18.0 Å². The van der Waals surface area contributed by atoms with Crippen LogP contribution in [0.4, 0.5) is 5.13 Å². The average Bonchev–Trinajstić information content (AvgIpc) is 3.16. The quantitative estimate of drug-likeness (QED) is 0.307. The first-order chi connectivity index (χ1) is 13.2. The van der Waals surface area contributed by atoms with E-state index < -0.39 is 0 Å². The molecule has 2 nitrogen and oxygen atoms in total. The fourth-order valence-corrected chi connectivity index (χ4v) is 4.27. The molecule has 1 aromatic carbocycles. The van der Waals surface area contributed by atoms with Crippen molar-refractivity contribution in [2.45, 2.75) is 85.0 Å². The first-order valence-electron chi connectivity index (χ1n) is 11.0. The summed E-state index contributed by atoms with van der Waals surface area (Å²) in [6, 6.07) is 8.73. The van der Waals surface area contributed by atoms with Crippen LogP contribution in [-0.2, 0) is 0 Å². The highest BCUT2D eigenvalue weighted by Gasteiger charge is 2.12. The Balaban J connectivity index is 1.95. The molecule has 150 valence electrons. The highest BCUT2D eigenvalue weighted by atomic mass is 32.1. The molecule has 0 bridgehead atoms. The number of nitrogens with zero attached hydrogens (tertiary/aromatic N) is 2. The molecule has 3 heteroatoms. The van der Waals surface area contributed by atoms with E-state index in [1.807, 2.05) is 11.3 Å². The second-order valence-electron chi connectivity index (χ2n) is 7.70. The molecule has 1 aromatic heterocycles. The summed E-state index contributed by atoms with van der Waals surface area (Å²) in [6.45, 7) is 9.00. The first kappa shape index (κ1) is 21.9. The van der Waals surface area contributed by atoms with Crippen LogP contribution in [0, 0.1) is 6.92 Å². The van der Waals surface area contributed by atoms with Crippen molar-refractivity contribution < 1.29 is 0 Å². The Morgan fingerprint density at radius 2 is 1.33 bits per heavy atom. The van der Waals surface area contributed by atoms with Crippen LogP contribution in [0.1, 0.15) is 83.6 Å². The largest absolute Gasteiger partial charge is 0.348 e. The third-order valence-corrected chi connectivity index (χ3v) is 6.07. The smallest absolute Gasteiger partial charge is 0.185 e. The Morgan fingerprint density at radius 1 is 0.778 bits per heavy atom. The predicted molar refractivity (Wildman–Crippen MR) is 122 cm³/mol. The Kier molecular flexibility index (Phi) is 10.5. The molecule has 0 N–H and O–H groups in total. The molecule has 0 aliphatic heterocycles. The zero-order valence-electron chi connectivity index (χ0n) is 17.7. The lowest BCUT2D eigenvalue weighted by molar-refractivity contribution is 0.589. The molecule has 0 unspecified atom stereocenters. The SMILES string of the molecule is CCCCCCCN(CCCCCCC)c1nc(-c2ccc(C)cc2)cs1. The molecule has 0 aliphatic carbocycles. The molecule has 0 spiro atoms. The summed E-state index contributed by atoms with van der Waals surface area (Å²) in [6.07, 6.45) is 13.4. The second kappa shape index (κ2) is 12.9. The number of hydrogen-bond acceptors (Lipinski definition) is 3. The highest BCUT2D eigenvalue weighted by molar-refractivity contribution is 7.14. The monoisotopic (exact) mass is 386 g/mol. The minimum atomic E-state index is 1.12. The van der Waals surface area contributed by atoms with Gasteiger partial charge in [-0.25, -0.2) is 4.98 Å². The van der Waals surface area contributed by atoms with Crippen LogP contribution in [0.2, 0.25) is 0 Å². The van der Waals surface area contributed by atoms with Gasteiger partial charge in [-0.1, -0.05) is 95.0 Å². The maximum absolute atomic E-state index is 4.99. The summed E-state index contributed by atoms with van der Waals surface area (Å²) >= 11 is 1.81. The number of hydrogen-bond donors (Lipinski definition) is 0. The summed E-state index contributed by atoms with van der Waals surface area (Å²) < 4.78 is 0. The van der Waals surface area contributed by atoms with Crippen molar-refractivity contribution in [2.24, 2.45) is 0 Å². The number of aryl methyl sites for hydroxylation is 1. The van der Waals surface area contributed by atoms with Crippen LogP contribution in [0.25, 0.3) is 11.3 Å². The fourth-order valence-electron chi connectivity index (χ4n) is 3.38. The Labute approximate surface area is 171 Å². The molecule has 0 saturated carbocycles. The highest BCUT2D eigenvalue weighted by Crippen LogP contribution is 2.28. The second-order valence-corrected chi connectivity index (χ2v) is 8.53. The Hall–Kier alpha value is -1.35. The predicted octanol–water partition coefficient (Wildman–Crippen LogP) is 7.87. The zero-order valence-corrected chi connectivity index (χ0v) is 18.5. The Morgan fingerprint density at radius 3 is 1.89 bits per heavy atom. The van der Waals surface area contributed by atoms with Crippen molar-refractivity contribution in [3.05, 3.63) is 35.2 Å². The molecular formula is C24H38N2S. The molecule has 0 amide bonds. The van der Waals surface area contributed by atoms with Gasteiger partial charge in [0.1, 0.15) is 0 Å². The van der Waals surface area contributed by atoms with E-state index in [2.05, 4.69) is 55.3 Å². The average molecular weight is 387 g/mol. The van der Waals surface area contributed by atoms with Gasteiger partial charge in [-0.05, 0) is 19.8 Å². The van der Waals surface area contributed by atoms with Gasteiger partial charge in [-0.2, -0.15) is 0 Å². The maximum atomic E-state index is 4.99. The molecule has 0 saturated heterocycles. The molecular weight excluding hydrogens is 348 g/mol. The van der Waals surface area contributed by atoms with E-state index in [0.717, 1.165) is 18.8 Å². The van der Waals surface area contributed by atoms with Crippen LogP contribution in [0.3, 0.4) is 0 Å². The molecule has 27 heavy (non-hydrogen) atoms. The summed E-state index contributed by atoms with van der Waals surface area (Å²) in [5.74, 6) is 0. The van der Waals surface area contributed by atoms with E-state index in [1.165, 1.54) is 80.5 Å². The molecule has 0 atom stereocenters. The van der Waals surface area contributed by atoms with Crippen LogP contribution in [0.5, 0.6) is 0 Å². The van der Waals surface area contributed by atoms with E-state index in [9.17, 15) is 0 Å². The lowest BCUT2D eigenvalue weighted by atomic mass is 10.1. The van der Waals surface area contributed by atoms with Crippen molar-refractivity contribution in [3.8, 4) is 11.3 Å². The lowest BCUT2D eigenvalue weighted by Gasteiger charge is -2.22. The third-order valence-electron chi connectivity index (χ3n) is 5.17. The zero-order chi connectivity index (χ0) is 19.3. The number of anilines is 1. The maximum Gasteiger partial charge on any atom is 0.185 e. The minimum Gasteiger partial charge on any atom is -0.348 e. The van der Waals surface area contributed by atoms with E-state index in [0.29, 0.717) is 0 Å². The third kappa shape index (κ3) is 8.04. The van der Waals surface area contributed by atoms with E-state index >= 15 is 0 Å². The summed E-state index contributed by atoms with van der Waals surface area (Å²) in [5.41, 5.74) is 3.65. The van der Waals surface area contributed by atoms with Gasteiger partial charge in [0.05, 0.1) is 5.69 Å². The van der Waals surface area contributed by atoms with Gasteiger partial charge in [0.15, 0.2) is 5.13 Å². The van der Waals surface area contributed by atoms with Gasteiger partial charge in [-0.15, -0.1) is 11.3 Å². The van der Waals surface area contributed by atoms with Gasteiger partial charge >= 0.3 is 0 Å². The first-order valence-corrected chi connectivity index (χ1v) is 11.9. The van der Waals surface area contributed by atoms with Crippen molar-refractivity contribution in [3.63, 3.8) is 0 Å². The summed E-state index contributed by atoms with van der Waals surface area (Å²) in [5, 5.41) is 3.43. The van der Waals surface area contributed by atoms with E-state index in [1.54, 1.807) is 0 Å². The number of unbranched alkanes of at least 4 members (excludes halogenated alkanes) is 8. The molecule has 2 aromatic rings. The van der Waals surface area contributed by atoms with E-state index in [4.69, 9.17) is 4.98 Å². The normalized spacial score (nSPS) is 11.1. The Bertz CT molecular complexity index is 604. The number of benzene rings is 1. The van der Waals surface area contributed by atoms with Crippen molar-refractivity contribution in [1.29, 1.82) is 0 Å². The number of thiazole rings is 1. The molecule has 0 aliphatic rings. The molecule has 1 heterocycles. The lowest BCUT2D eigenvalue weighted by Crippen LogP contribution is -2.25. The van der Waals surface area contributed by atoms with Crippen LogP contribution in [-0.4, -0.2) is 18.1 Å². The van der Waals surface area contributed by atoms with Crippen molar-refractivity contribution >= 4 is 16.5 Å². The van der Waals surface area contributed by atoms with Gasteiger partial charge in [0.25, 0.3) is 0 Å².